The molecule has 112 valence electrons. The number of nitrogens with zero attached hydrogens (tertiary/aromatic N) is 3. The molecule has 6 heteroatoms. The van der Waals surface area contributed by atoms with Crippen LogP contribution in [0.1, 0.15) is 12.5 Å². The van der Waals surface area contributed by atoms with Gasteiger partial charge in [0.25, 0.3) is 0 Å². The normalized spacial score (nSPS) is 12.2. The molecule has 0 aliphatic heterocycles. The van der Waals surface area contributed by atoms with Crippen LogP contribution in [0, 0.1) is 0 Å². The number of benzene rings is 1. The summed E-state index contributed by atoms with van der Waals surface area (Å²) in [6, 6.07) is 15.6. The molecular weight excluding hydrogens is 296 g/mol. The van der Waals surface area contributed by atoms with Gasteiger partial charge in [-0.25, -0.2) is 0 Å². The van der Waals surface area contributed by atoms with Crippen LogP contribution in [0.3, 0.4) is 0 Å². The fourth-order valence-corrected chi connectivity index (χ4v) is 2.90. The van der Waals surface area contributed by atoms with Gasteiger partial charge in [-0.1, -0.05) is 48.2 Å². The third-order valence-electron chi connectivity index (χ3n) is 3.24. The van der Waals surface area contributed by atoms with Crippen molar-refractivity contribution in [2.45, 2.75) is 23.9 Å². The first kappa shape index (κ1) is 14.6. The zero-order chi connectivity index (χ0) is 15.4. The minimum absolute atomic E-state index is 0.0125. The zero-order valence-electron chi connectivity index (χ0n) is 12.1. The number of hydrogen-bond acceptors (Lipinski definition) is 4. The number of thioether (sulfide) groups is 1. The van der Waals surface area contributed by atoms with Gasteiger partial charge in [-0.15, -0.1) is 10.2 Å². The van der Waals surface area contributed by atoms with E-state index in [0.29, 0.717) is 6.54 Å². The summed E-state index contributed by atoms with van der Waals surface area (Å²) in [4.78, 5) is 12.2. The summed E-state index contributed by atoms with van der Waals surface area (Å²) in [5, 5.41) is 11.6. The van der Waals surface area contributed by atoms with E-state index in [1.54, 1.807) is 0 Å². The Kier molecular flexibility index (Phi) is 4.39. The zero-order valence-corrected chi connectivity index (χ0v) is 13.0. The maximum atomic E-state index is 12.2. The maximum Gasteiger partial charge on any atom is 0.233 e. The summed E-state index contributed by atoms with van der Waals surface area (Å²) in [7, 11) is 0. The maximum absolute atomic E-state index is 12.2. The second-order valence-corrected chi connectivity index (χ2v) is 6.18. The van der Waals surface area contributed by atoms with Gasteiger partial charge in [0.15, 0.2) is 10.8 Å². The van der Waals surface area contributed by atoms with Gasteiger partial charge in [0.2, 0.25) is 5.91 Å². The smallest absolute Gasteiger partial charge is 0.233 e. The monoisotopic (exact) mass is 312 g/mol. The summed E-state index contributed by atoms with van der Waals surface area (Å²) in [6.07, 6.45) is 1.90. The first-order valence-corrected chi connectivity index (χ1v) is 7.90. The Bertz CT molecular complexity index is 772. The van der Waals surface area contributed by atoms with E-state index in [-0.39, 0.29) is 11.2 Å². The molecule has 3 rings (SSSR count). The Labute approximate surface area is 132 Å². The van der Waals surface area contributed by atoms with E-state index in [4.69, 9.17) is 0 Å². The standard InChI is InChI=1S/C16H16N4OS/c1-12(15(21)17-11-13-7-3-2-4-8-13)22-16-19-18-14-9-5-6-10-20(14)16/h2-10,12H,11H2,1H3,(H,17,21)/t12-/m1/s1. The van der Waals surface area contributed by atoms with Gasteiger partial charge >= 0.3 is 0 Å². The molecule has 0 saturated carbocycles. The van der Waals surface area contributed by atoms with Crippen molar-refractivity contribution in [2.24, 2.45) is 0 Å². The van der Waals surface area contributed by atoms with E-state index in [2.05, 4.69) is 15.5 Å². The molecule has 0 bridgehead atoms. The summed E-state index contributed by atoms with van der Waals surface area (Å²) < 4.78 is 1.88. The molecule has 1 atom stereocenters. The minimum atomic E-state index is -0.240. The number of carbonyl (C=O) groups is 1. The Morgan fingerprint density at radius 3 is 2.77 bits per heavy atom. The Morgan fingerprint density at radius 1 is 1.18 bits per heavy atom. The molecule has 1 amide bonds. The predicted molar refractivity (Wildman–Crippen MR) is 86.6 cm³/mol. The number of pyridine rings is 1. The highest BCUT2D eigenvalue weighted by atomic mass is 32.2. The number of fused-ring (bicyclic) bond motifs is 1. The summed E-state index contributed by atoms with van der Waals surface area (Å²) in [6.45, 7) is 2.40. The van der Waals surface area contributed by atoms with Gasteiger partial charge in [0, 0.05) is 12.7 Å². The Balaban J connectivity index is 1.61. The van der Waals surface area contributed by atoms with Crippen LogP contribution in [-0.2, 0) is 11.3 Å². The van der Waals surface area contributed by atoms with Crippen LogP contribution >= 0.6 is 11.8 Å². The van der Waals surface area contributed by atoms with Crippen LogP contribution in [0.5, 0.6) is 0 Å². The lowest BCUT2D eigenvalue weighted by Crippen LogP contribution is -2.30. The van der Waals surface area contributed by atoms with E-state index >= 15 is 0 Å². The Hall–Kier alpha value is -2.34. The van der Waals surface area contributed by atoms with Gasteiger partial charge in [-0.3, -0.25) is 9.20 Å². The van der Waals surface area contributed by atoms with Gasteiger partial charge < -0.3 is 5.32 Å². The van der Waals surface area contributed by atoms with Crippen LogP contribution in [0.25, 0.3) is 5.65 Å². The summed E-state index contributed by atoms with van der Waals surface area (Å²) in [5.41, 5.74) is 1.86. The van der Waals surface area contributed by atoms with Crippen molar-refractivity contribution in [3.8, 4) is 0 Å². The highest BCUT2D eigenvalue weighted by molar-refractivity contribution is 8.00. The quantitative estimate of drug-likeness (QED) is 0.736. The van der Waals surface area contributed by atoms with E-state index in [9.17, 15) is 4.79 Å². The Morgan fingerprint density at radius 2 is 1.95 bits per heavy atom. The molecular formula is C16H16N4OS. The second-order valence-electron chi connectivity index (χ2n) is 4.87. The third-order valence-corrected chi connectivity index (χ3v) is 4.30. The number of nitrogens with one attached hydrogen (secondary N) is 1. The molecule has 5 nitrogen and oxygen atoms in total. The highest BCUT2D eigenvalue weighted by Crippen LogP contribution is 2.22. The van der Waals surface area contributed by atoms with Crippen LogP contribution in [0.2, 0.25) is 0 Å². The first-order chi connectivity index (χ1) is 10.7. The first-order valence-electron chi connectivity index (χ1n) is 7.02. The molecule has 2 aromatic heterocycles. The number of amides is 1. The minimum Gasteiger partial charge on any atom is -0.351 e. The van der Waals surface area contributed by atoms with Gasteiger partial charge in [-0.05, 0) is 24.6 Å². The molecule has 0 saturated heterocycles. The van der Waals surface area contributed by atoms with E-state index < -0.39 is 0 Å². The van der Waals surface area contributed by atoms with E-state index in [1.165, 1.54) is 11.8 Å². The fraction of sp³-hybridized carbons (Fsp3) is 0.188. The van der Waals surface area contributed by atoms with Crippen molar-refractivity contribution in [1.82, 2.24) is 19.9 Å². The summed E-state index contributed by atoms with van der Waals surface area (Å²) >= 11 is 1.40. The molecule has 0 fully saturated rings. The topological polar surface area (TPSA) is 59.3 Å². The summed E-state index contributed by atoms with van der Waals surface area (Å²) in [5.74, 6) is -0.0125. The van der Waals surface area contributed by atoms with Crippen LogP contribution < -0.4 is 5.32 Å². The van der Waals surface area contributed by atoms with Crippen molar-refractivity contribution >= 4 is 23.3 Å². The second kappa shape index (κ2) is 6.62. The molecule has 0 radical (unpaired) electrons. The van der Waals surface area contributed by atoms with Gasteiger partial charge in [0.1, 0.15) is 0 Å². The van der Waals surface area contributed by atoms with Gasteiger partial charge in [-0.2, -0.15) is 0 Å². The molecule has 0 aliphatic carbocycles. The van der Waals surface area contributed by atoms with Crippen molar-refractivity contribution in [2.75, 3.05) is 0 Å². The molecule has 1 N–H and O–H groups in total. The molecule has 1 aromatic carbocycles. The van der Waals surface area contributed by atoms with Gasteiger partial charge in [0.05, 0.1) is 5.25 Å². The SMILES string of the molecule is C[C@@H](Sc1nnc2ccccn12)C(=O)NCc1ccccc1. The number of rotatable bonds is 5. The molecule has 0 aliphatic rings. The van der Waals surface area contributed by atoms with Crippen LogP contribution in [0.4, 0.5) is 0 Å². The lowest BCUT2D eigenvalue weighted by Gasteiger charge is -2.11. The molecule has 0 spiro atoms. The molecule has 3 aromatic rings. The van der Waals surface area contributed by atoms with Crippen molar-refractivity contribution in [3.63, 3.8) is 0 Å². The van der Waals surface area contributed by atoms with Crippen molar-refractivity contribution < 1.29 is 4.79 Å². The molecule has 22 heavy (non-hydrogen) atoms. The highest BCUT2D eigenvalue weighted by Gasteiger charge is 2.17. The van der Waals surface area contributed by atoms with Crippen molar-refractivity contribution in [3.05, 3.63) is 60.3 Å². The fourth-order valence-electron chi connectivity index (χ4n) is 2.04. The van der Waals surface area contributed by atoms with E-state index in [0.717, 1.165) is 16.4 Å². The lowest BCUT2D eigenvalue weighted by molar-refractivity contribution is -0.120. The molecule has 2 heterocycles. The third kappa shape index (κ3) is 3.28. The number of hydrogen-bond donors (Lipinski definition) is 1. The lowest BCUT2D eigenvalue weighted by atomic mass is 10.2. The average Bonchev–Trinajstić information content (AvgIpc) is 2.97. The average molecular weight is 312 g/mol. The molecule has 0 unspecified atom stereocenters. The van der Waals surface area contributed by atoms with Crippen molar-refractivity contribution in [1.29, 1.82) is 0 Å². The van der Waals surface area contributed by atoms with E-state index in [1.807, 2.05) is 66.1 Å². The van der Waals surface area contributed by atoms with Crippen LogP contribution in [0.15, 0.2) is 59.9 Å². The largest absolute Gasteiger partial charge is 0.351 e. The van der Waals surface area contributed by atoms with Crippen LogP contribution in [-0.4, -0.2) is 25.8 Å². The predicted octanol–water partition coefficient (Wildman–Crippen LogP) is 2.53. The number of aromatic nitrogens is 3. The number of carbonyl (C=O) groups excluding carboxylic acids is 1.